The Morgan fingerprint density at radius 3 is 2.84 bits per heavy atom. The molecule has 132 valence electrons. The predicted molar refractivity (Wildman–Crippen MR) is 98.9 cm³/mol. The number of carbonyl (C=O) groups is 1. The highest BCUT2D eigenvalue weighted by molar-refractivity contribution is 6.31. The fourth-order valence-electron chi connectivity index (χ4n) is 2.24. The Hall–Kier alpha value is -2.53. The van der Waals surface area contributed by atoms with Gasteiger partial charge < -0.3 is 14.9 Å². The normalized spacial score (nSPS) is 10.7. The second kappa shape index (κ2) is 9.69. The van der Waals surface area contributed by atoms with Crippen molar-refractivity contribution < 1.29 is 14.4 Å². The molecule has 0 fully saturated rings. The number of hydrogen-bond acceptors (Lipinski definition) is 4. The van der Waals surface area contributed by atoms with Gasteiger partial charge in [-0.1, -0.05) is 58.7 Å². The van der Waals surface area contributed by atoms with Crippen LogP contribution in [0.5, 0.6) is 0 Å². The molecule has 2 aromatic carbocycles. The van der Waals surface area contributed by atoms with Gasteiger partial charge in [-0.05, 0) is 29.7 Å². The number of carbonyl (C=O) groups excluding carboxylic acids is 1. The number of ether oxygens (including phenoxy) is 1. The molecule has 0 spiro atoms. The predicted octanol–water partition coefficient (Wildman–Crippen LogP) is 4.25. The molecule has 1 amide bonds. The van der Waals surface area contributed by atoms with Crippen molar-refractivity contribution in [3.8, 4) is 0 Å². The minimum absolute atomic E-state index is 0.306. The van der Waals surface area contributed by atoms with E-state index in [0.717, 1.165) is 16.7 Å². The lowest BCUT2D eigenvalue weighted by Gasteiger charge is -2.07. The van der Waals surface area contributed by atoms with Crippen molar-refractivity contribution in [3.05, 3.63) is 69.7 Å². The van der Waals surface area contributed by atoms with Crippen molar-refractivity contribution in [2.75, 3.05) is 7.11 Å². The Morgan fingerprint density at radius 2 is 2.08 bits per heavy atom. The van der Waals surface area contributed by atoms with Gasteiger partial charge in [0.2, 0.25) is 0 Å². The van der Waals surface area contributed by atoms with Gasteiger partial charge in [-0.15, -0.1) is 0 Å². The summed E-state index contributed by atoms with van der Waals surface area (Å²) in [5, 5.41) is 7.19. The summed E-state index contributed by atoms with van der Waals surface area (Å²) in [5.41, 5.74) is 4.12. The third kappa shape index (κ3) is 6.47. The number of oxime groups is 1. The fraction of sp³-hybridized carbons (Fsp3) is 0.263. The molecule has 0 aliphatic carbocycles. The summed E-state index contributed by atoms with van der Waals surface area (Å²) in [5.74, 6) is 0. The van der Waals surface area contributed by atoms with E-state index >= 15 is 0 Å². The molecule has 1 N–H and O–H groups in total. The first-order valence-electron chi connectivity index (χ1n) is 7.87. The van der Waals surface area contributed by atoms with Crippen LogP contribution in [0.3, 0.4) is 0 Å². The van der Waals surface area contributed by atoms with E-state index in [1.54, 1.807) is 12.3 Å². The van der Waals surface area contributed by atoms with Gasteiger partial charge in [0.15, 0.2) is 0 Å². The minimum atomic E-state index is -0.493. The van der Waals surface area contributed by atoms with Crippen LogP contribution in [0, 0.1) is 6.92 Å². The lowest BCUT2D eigenvalue weighted by molar-refractivity contribution is 0.131. The number of methoxy groups -OCH3 is 1. The van der Waals surface area contributed by atoms with Gasteiger partial charge in [0, 0.05) is 24.2 Å². The van der Waals surface area contributed by atoms with Crippen LogP contribution in [0.4, 0.5) is 4.79 Å². The second-order valence-corrected chi connectivity index (χ2v) is 5.93. The first kappa shape index (κ1) is 18.8. The highest BCUT2D eigenvalue weighted by Crippen LogP contribution is 2.17. The Morgan fingerprint density at radius 1 is 1.24 bits per heavy atom. The molecule has 2 aromatic rings. The van der Waals surface area contributed by atoms with Crippen LogP contribution >= 0.6 is 11.6 Å². The molecule has 5 nitrogen and oxygen atoms in total. The SMILES string of the molecule is COC(=O)NCc1cc(CC=NOCc2cccc(C)c2)ccc1Cl. The van der Waals surface area contributed by atoms with Crippen molar-refractivity contribution in [3.63, 3.8) is 0 Å². The highest BCUT2D eigenvalue weighted by Gasteiger charge is 2.04. The van der Waals surface area contributed by atoms with Crippen molar-refractivity contribution in [2.24, 2.45) is 5.16 Å². The lowest BCUT2D eigenvalue weighted by Crippen LogP contribution is -2.22. The van der Waals surface area contributed by atoms with Gasteiger partial charge in [-0.2, -0.15) is 0 Å². The molecule has 0 unspecified atom stereocenters. The summed E-state index contributed by atoms with van der Waals surface area (Å²) in [4.78, 5) is 16.5. The number of nitrogens with one attached hydrogen (secondary N) is 1. The van der Waals surface area contributed by atoms with Crippen LogP contribution in [0.25, 0.3) is 0 Å². The zero-order valence-electron chi connectivity index (χ0n) is 14.3. The van der Waals surface area contributed by atoms with E-state index in [1.807, 2.05) is 37.3 Å². The van der Waals surface area contributed by atoms with Gasteiger partial charge >= 0.3 is 6.09 Å². The monoisotopic (exact) mass is 360 g/mol. The van der Waals surface area contributed by atoms with Crippen LogP contribution < -0.4 is 5.32 Å². The van der Waals surface area contributed by atoms with Crippen molar-refractivity contribution in [1.29, 1.82) is 0 Å². The first-order chi connectivity index (χ1) is 12.1. The number of benzene rings is 2. The zero-order chi connectivity index (χ0) is 18.1. The summed E-state index contributed by atoms with van der Waals surface area (Å²) in [6.07, 6.45) is 1.82. The lowest BCUT2D eigenvalue weighted by atomic mass is 10.1. The number of halogens is 1. The van der Waals surface area contributed by atoms with E-state index < -0.39 is 6.09 Å². The third-order valence-corrected chi connectivity index (χ3v) is 3.88. The van der Waals surface area contributed by atoms with Gasteiger partial charge in [0.1, 0.15) is 6.61 Å². The molecule has 0 saturated heterocycles. The van der Waals surface area contributed by atoms with E-state index in [2.05, 4.69) is 21.3 Å². The first-order valence-corrected chi connectivity index (χ1v) is 8.24. The number of hydrogen-bond donors (Lipinski definition) is 1. The molecule has 2 rings (SSSR count). The molecule has 0 saturated carbocycles. The minimum Gasteiger partial charge on any atom is -0.453 e. The molecule has 0 aromatic heterocycles. The van der Waals surface area contributed by atoms with Crippen LogP contribution in [-0.4, -0.2) is 19.4 Å². The maximum Gasteiger partial charge on any atom is 0.407 e. The molecular formula is C19H21ClN2O3. The van der Waals surface area contributed by atoms with Gasteiger partial charge in [-0.25, -0.2) is 4.79 Å². The van der Waals surface area contributed by atoms with Crippen LogP contribution in [0.2, 0.25) is 5.02 Å². The van der Waals surface area contributed by atoms with Crippen LogP contribution in [0.15, 0.2) is 47.6 Å². The molecule has 0 heterocycles. The summed E-state index contributed by atoms with van der Waals surface area (Å²) in [6, 6.07) is 13.7. The molecule has 0 radical (unpaired) electrons. The number of aryl methyl sites for hydroxylation is 1. The highest BCUT2D eigenvalue weighted by atomic mass is 35.5. The number of rotatable bonds is 7. The Balaban J connectivity index is 1.84. The molecule has 0 aliphatic heterocycles. The topological polar surface area (TPSA) is 59.9 Å². The van der Waals surface area contributed by atoms with Gasteiger partial charge in [-0.3, -0.25) is 0 Å². The summed E-state index contributed by atoms with van der Waals surface area (Å²) >= 11 is 6.14. The maximum atomic E-state index is 11.1. The number of nitrogens with zero attached hydrogens (tertiary/aromatic N) is 1. The van der Waals surface area contributed by atoms with E-state index in [-0.39, 0.29) is 0 Å². The van der Waals surface area contributed by atoms with Crippen molar-refractivity contribution in [1.82, 2.24) is 5.32 Å². The Labute approximate surface area is 152 Å². The van der Waals surface area contributed by atoms with Crippen LogP contribution in [0.1, 0.15) is 22.3 Å². The maximum absolute atomic E-state index is 11.1. The quantitative estimate of drug-likeness (QED) is 0.593. The fourth-order valence-corrected chi connectivity index (χ4v) is 2.42. The Kier molecular flexibility index (Phi) is 7.29. The van der Waals surface area contributed by atoms with E-state index in [0.29, 0.717) is 24.6 Å². The van der Waals surface area contributed by atoms with Crippen molar-refractivity contribution in [2.45, 2.75) is 26.5 Å². The number of alkyl carbamates (subject to hydrolysis) is 1. The van der Waals surface area contributed by atoms with E-state index in [4.69, 9.17) is 16.4 Å². The molecular weight excluding hydrogens is 340 g/mol. The van der Waals surface area contributed by atoms with E-state index in [1.165, 1.54) is 12.7 Å². The average molecular weight is 361 g/mol. The zero-order valence-corrected chi connectivity index (χ0v) is 15.0. The van der Waals surface area contributed by atoms with Gasteiger partial charge in [0.25, 0.3) is 0 Å². The molecule has 0 atom stereocenters. The second-order valence-electron chi connectivity index (χ2n) is 5.53. The summed E-state index contributed by atoms with van der Waals surface area (Å²) < 4.78 is 4.55. The summed E-state index contributed by atoms with van der Waals surface area (Å²) in [7, 11) is 1.32. The molecule has 0 aliphatic rings. The largest absolute Gasteiger partial charge is 0.453 e. The van der Waals surface area contributed by atoms with Crippen LogP contribution in [-0.2, 0) is 29.1 Å². The molecule has 25 heavy (non-hydrogen) atoms. The number of amides is 1. The standard InChI is InChI=1S/C19H21ClN2O3/c1-14-4-3-5-16(10-14)13-25-22-9-8-15-6-7-18(20)17(11-15)12-21-19(23)24-2/h3-7,9-11H,8,12-13H2,1-2H3,(H,21,23). The molecule has 0 bridgehead atoms. The van der Waals surface area contributed by atoms with Crippen molar-refractivity contribution >= 4 is 23.9 Å². The Bertz CT molecular complexity index is 747. The molecule has 6 heteroatoms. The third-order valence-electron chi connectivity index (χ3n) is 3.51. The van der Waals surface area contributed by atoms with Gasteiger partial charge in [0.05, 0.1) is 7.11 Å². The van der Waals surface area contributed by atoms with E-state index in [9.17, 15) is 4.79 Å². The summed E-state index contributed by atoms with van der Waals surface area (Å²) in [6.45, 7) is 2.79. The average Bonchev–Trinajstić information content (AvgIpc) is 2.61. The smallest absolute Gasteiger partial charge is 0.407 e.